The average Bonchev–Trinajstić information content (AvgIpc) is 2.18. The molecule has 2 N–H and O–H groups in total. The minimum Gasteiger partial charge on any atom is -0.391 e. The van der Waals surface area contributed by atoms with E-state index in [-0.39, 0.29) is 18.4 Å². The molecule has 0 aromatic carbocycles. The van der Waals surface area contributed by atoms with Gasteiger partial charge in [0.2, 0.25) is 5.91 Å². The van der Waals surface area contributed by atoms with Gasteiger partial charge in [-0.25, -0.2) is 0 Å². The van der Waals surface area contributed by atoms with Crippen LogP contribution < -0.4 is 5.32 Å². The number of hydrogen-bond donors (Lipinski definition) is 2. The Morgan fingerprint density at radius 2 is 2.20 bits per heavy atom. The van der Waals surface area contributed by atoms with E-state index in [9.17, 15) is 9.90 Å². The number of rotatable bonds is 7. The van der Waals surface area contributed by atoms with Crippen LogP contribution in [0.1, 0.15) is 20.3 Å². The predicted octanol–water partition coefficient (Wildman–Crippen LogP) is 0.765. The quantitative estimate of drug-likeness (QED) is 0.643. The van der Waals surface area contributed by atoms with Gasteiger partial charge < -0.3 is 15.2 Å². The zero-order valence-electron chi connectivity index (χ0n) is 9.55. The molecule has 15 heavy (non-hydrogen) atoms. The summed E-state index contributed by atoms with van der Waals surface area (Å²) in [5.41, 5.74) is -0.562. The second-order valence-electron chi connectivity index (χ2n) is 4.17. The summed E-state index contributed by atoms with van der Waals surface area (Å²) in [4.78, 5) is 11.5. The van der Waals surface area contributed by atoms with Crippen LogP contribution in [-0.2, 0) is 9.53 Å². The fourth-order valence-electron chi connectivity index (χ4n) is 0.928. The fraction of sp³-hybridized carbons (Fsp3) is 0.900. The summed E-state index contributed by atoms with van der Waals surface area (Å²) in [5, 5.41) is 12.0. The molecule has 0 saturated carbocycles. The zero-order valence-corrected chi connectivity index (χ0v) is 10.3. The van der Waals surface area contributed by atoms with E-state index in [4.69, 9.17) is 16.3 Å². The zero-order chi connectivity index (χ0) is 11.9. The van der Waals surface area contributed by atoms with Crippen LogP contribution in [-0.4, -0.2) is 43.3 Å². The van der Waals surface area contributed by atoms with E-state index in [1.54, 1.807) is 13.8 Å². The van der Waals surface area contributed by atoms with Crippen molar-refractivity contribution >= 4 is 17.5 Å². The number of alkyl halides is 1. The lowest BCUT2D eigenvalue weighted by Gasteiger charge is -2.20. The molecule has 0 aromatic rings. The van der Waals surface area contributed by atoms with Crippen molar-refractivity contribution in [3.63, 3.8) is 0 Å². The predicted molar refractivity (Wildman–Crippen MR) is 60.0 cm³/mol. The number of halogens is 1. The maximum atomic E-state index is 11.5. The van der Waals surface area contributed by atoms with Gasteiger partial charge in [-0.2, -0.15) is 0 Å². The molecule has 0 radical (unpaired) electrons. The van der Waals surface area contributed by atoms with Gasteiger partial charge in [-0.15, -0.1) is 11.6 Å². The molecule has 0 aliphatic carbocycles. The summed E-state index contributed by atoms with van der Waals surface area (Å²) >= 11 is 5.65. The van der Waals surface area contributed by atoms with E-state index in [2.05, 4.69) is 5.32 Å². The molecule has 0 fully saturated rings. The molecule has 90 valence electrons. The van der Waals surface area contributed by atoms with Crippen LogP contribution in [0.4, 0.5) is 0 Å². The van der Waals surface area contributed by atoms with Crippen molar-refractivity contribution in [3.8, 4) is 0 Å². The summed E-state index contributed by atoms with van der Waals surface area (Å²) in [6.45, 7) is 4.28. The highest BCUT2D eigenvalue weighted by atomic mass is 35.5. The first-order valence-corrected chi connectivity index (χ1v) is 5.48. The SMILES string of the molecule is COCC(O)CCNC(=O)C(C)(C)CCl. The first-order valence-electron chi connectivity index (χ1n) is 4.95. The second-order valence-corrected chi connectivity index (χ2v) is 4.44. The third kappa shape index (κ3) is 5.97. The van der Waals surface area contributed by atoms with Gasteiger partial charge in [0.05, 0.1) is 18.1 Å². The van der Waals surface area contributed by atoms with Gasteiger partial charge in [-0.1, -0.05) is 0 Å². The maximum Gasteiger partial charge on any atom is 0.226 e. The van der Waals surface area contributed by atoms with Gasteiger partial charge in [-0.05, 0) is 20.3 Å². The number of aliphatic hydroxyl groups excluding tert-OH is 1. The van der Waals surface area contributed by atoms with Crippen LogP contribution in [0.25, 0.3) is 0 Å². The van der Waals surface area contributed by atoms with Gasteiger partial charge in [0.1, 0.15) is 0 Å². The lowest BCUT2D eigenvalue weighted by atomic mass is 9.95. The molecule has 0 aliphatic heterocycles. The van der Waals surface area contributed by atoms with E-state index >= 15 is 0 Å². The van der Waals surface area contributed by atoms with E-state index in [1.807, 2.05) is 0 Å². The minimum atomic E-state index is -0.562. The van der Waals surface area contributed by atoms with Gasteiger partial charge in [0.15, 0.2) is 0 Å². The standard InChI is InChI=1S/C10H20ClNO3/c1-10(2,7-11)9(14)12-5-4-8(13)6-15-3/h8,13H,4-7H2,1-3H3,(H,12,14). The van der Waals surface area contributed by atoms with Gasteiger partial charge in [0, 0.05) is 19.5 Å². The van der Waals surface area contributed by atoms with Crippen molar-refractivity contribution in [2.45, 2.75) is 26.4 Å². The third-order valence-electron chi connectivity index (χ3n) is 2.07. The van der Waals surface area contributed by atoms with Crippen LogP contribution in [0.2, 0.25) is 0 Å². The summed E-state index contributed by atoms with van der Waals surface area (Å²) < 4.78 is 4.77. The van der Waals surface area contributed by atoms with Gasteiger partial charge in [-0.3, -0.25) is 4.79 Å². The topological polar surface area (TPSA) is 58.6 Å². The van der Waals surface area contributed by atoms with E-state index < -0.39 is 11.5 Å². The molecule has 0 saturated heterocycles. The molecule has 0 aromatic heterocycles. The Kier molecular flexibility index (Phi) is 6.89. The Morgan fingerprint density at radius 3 is 2.67 bits per heavy atom. The largest absolute Gasteiger partial charge is 0.391 e. The molecule has 0 bridgehead atoms. The summed E-state index contributed by atoms with van der Waals surface area (Å²) in [5.74, 6) is 0.182. The first kappa shape index (κ1) is 14.7. The van der Waals surface area contributed by atoms with Crippen LogP contribution in [0.5, 0.6) is 0 Å². The van der Waals surface area contributed by atoms with Crippen LogP contribution >= 0.6 is 11.6 Å². The normalized spacial score (nSPS) is 13.7. The summed E-state index contributed by atoms with van der Waals surface area (Å²) in [6.07, 6.45) is -0.0489. The Labute approximate surface area is 95.9 Å². The molecule has 0 spiro atoms. The number of aliphatic hydroxyl groups is 1. The number of carbonyl (C=O) groups excluding carboxylic acids is 1. The smallest absolute Gasteiger partial charge is 0.226 e. The van der Waals surface area contributed by atoms with Crippen LogP contribution in [0, 0.1) is 5.41 Å². The van der Waals surface area contributed by atoms with Crippen molar-refractivity contribution in [3.05, 3.63) is 0 Å². The lowest BCUT2D eigenvalue weighted by Crippen LogP contribution is -2.39. The highest BCUT2D eigenvalue weighted by molar-refractivity contribution is 6.19. The van der Waals surface area contributed by atoms with Crippen molar-refractivity contribution < 1.29 is 14.6 Å². The number of carbonyl (C=O) groups is 1. The van der Waals surface area contributed by atoms with E-state index in [0.29, 0.717) is 13.0 Å². The number of hydrogen-bond acceptors (Lipinski definition) is 3. The number of methoxy groups -OCH3 is 1. The molecule has 4 nitrogen and oxygen atoms in total. The molecule has 1 unspecified atom stereocenters. The van der Waals surface area contributed by atoms with E-state index in [1.165, 1.54) is 7.11 Å². The minimum absolute atomic E-state index is 0.0953. The second kappa shape index (κ2) is 7.04. The molecular formula is C10H20ClNO3. The Balaban J connectivity index is 3.73. The monoisotopic (exact) mass is 237 g/mol. The first-order chi connectivity index (χ1) is 6.94. The van der Waals surface area contributed by atoms with Crippen LogP contribution in [0.15, 0.2) is 0 Å². The molecule has 1 amide bonds. The Hall–Kier alpha value is -0.320. The highest BCUT2D eigenvalue weighted by Crippen LogP contribution is 2.16. The average molecular weight is 238 g/mol. The molecular weight excluding hydrogens is 218 g/mol. The third-order valence-corrected chi connectivity index (χ3v) is 2.74. The Bertz CT molecular complexity index is 197. The number of nitrogens with one attached hydrogen (secondary N) is 1. The number of ether oxygens (including phenoxy) is 1. The number of amides is 1. The molecule has 0 rings (SSSR count). The van der Waals surface area contributed by atoms with E-state index in [0.717, 1.165) is 0 Å². The van der Waals surface area contributed by atoms with Gasteiger partial charge >= 0.3 is 0 Å². The van der Waals surface area contributed by atoms with Gasteiger partial charge in [0.25, 0.3) is 0 Å². The maximum absolute atomic E-state index is 11.5. The molecule has 0 aliphatic rings. The van der Waals surface area contributed by atoms with Crippen LogP contribution in [0.3, 0.4) is 0 Å². The lowest BCUT2D eigenvalue weighted by molar-refractivity contribution is -0.128. The summed E-state index contributed by atoms with van der Waals surface area (Å²) in [7, 11) is 1.53. The fourth-order valence-corrected chi connectivity index (χ4v) is 1.05. The van der Waals surface area contributed by atoms with Crippen molar-refractivity contribution in [2.75, 3.05) is 26.1 Å². The van der Waals surface area contributed by atoms with Crippen molar-refractivity contribution in [1.82, 2.24) is 5.32 Å². The molecule has 0 heterocycles. The summed E-state index contributed by atoms with van der Waals surface area (Å²) in [6, 6.07) is 0. The Morgan fingerprint density at radius 1 is 1.60 bits per heavy atom. The highest BCUT2D eigenvalue weighted by Gasteiger charge is 2.25. The molecule has 1 atom stereocenters. The molecule has 5 heteroatoms. The van der Waals surface area contributed by atoms with Crippen molar-refractivity contribution in [2.24, 2.45) is 5.41 Å². The van der Waals surface area contributed by atoms with Crippen molar-refractivity contribution in [1.29, 1.82) is 0 Å².